The van der Waals surface area contributed by atoms with Gasteiger partial charge in [-0.05, 0) is 37.1 Å². The van der Waals surface area contributed by atoms with E-state index in [1.54, 1.807) is 19.2 Å². The number of rotatable bonds is 4. The molecule has 1 N–H and O–H groups in total. The summed E-state index contributed by atoms with van der Waals surface area (Å²) >= 11 is 0. The van der Waals surface area contributed by atoms with Crippen LogP contribution in [-0.2, 0) is 0 Å². The van der Waals surface area contributed by atoms with Gasteiger partial charge in [0.25, 0.3) is 0 Å². The van der Waals surface area contributed by atoms with Crippen molar-refractivity contribution < 1.29 is 9.66 Å². The number of ether oxygens (including phenoxy) is 1. The summed E-state index contributed by atoms with van der Waals surface area (Å²) in [6, 6.07) is 5.57. The van der Waals surface area contributed by atoms with Crippen LogP contribution >= 0.6 is 0 Å². The molecule has 0 saturated carbocycles. The van der Waals surface area contributed by atoms with Crippen molar-refractivity contribution in [2.75, 3.05) is 12.4 Å². The van der Waals surface area contributed by atoms with Gasteiger partial charge in [0, 0.05) is 7.05 Å². The Labute approximate surface area is 115 Å². The average molecular weight is 274 g/mol. The lowest BCUT2D eigenvalue weighted by molar-refractivity contribution is -0.386. The van der Waals surface area contributed by atoms with Gasteiger partial charge >= 0.3 is 11.6 Å². The standard InChI is InChI=1S/C13H14N4O3/c1-8-4-9(2)6-10(5-8)20-12-11(17(18)19)7-15-13(14-3)16-12/h4-7H,1-3H3,(H,14,15,16). The first kappa shape index (κ1) is 13.7. The minimum Gasteiger partial charge on any atom is -0.434 e. The molecule has 0 spiro atoms. The first-order valence-corrected chi connectivity index (χ1v) is 5.95. The van der Waals surface area contributed by atoms with Crippen LogP contribution in [0.15, 0.2) is 24.4 Å². The molecule has 104 valence electrons. The van der Waals surface area contributed by atoms with Gasteiger partial charge < -0.3 is 10.1 Å². The Morgan fingerprint density at radius 2 is 1.90 bits per heavy atom. The molecule has 1 aromatic carbocycles. The Hall–Kier alpha value is -2.70. The third-order valence-corrected chi connectivity index (χ3v) is 2.57. The topological polar surface area (TPSA) is 90.2 Å². The van der Waals surface area contributed by atoms with Crippen molar-refractivity contribution in [3.63, 3.8) is 0 Å². The second kappa shape index (κ2) is 5.52. The minimum absolute atomic E-state index is 0.0839. The lowest BCUT2D eigenvalue weighted by atomic mass is 10.1. The molecular weight excluding hydrogens is 260 g/mol. The summed E-state index contributed by atoms with van der Waals surface area (Å²) in [6.07, 6.45) is 1.12. The van der Waals surface area contributed by atoms with Crippen molar-refractivity contribution in [2.24, 2.45) is 0 Å². The third-order valence-electron chi connectivity index (χ3n) is 2.57. The zero-order chi connectivity index (χ0) is 14.7. The van der Waals surface area contributed by atoms with Gasteiger partial charge in [-0.25, -0.2) is 4.98 Å². The Balaban J connectivity index is 2.42. The van der Waals surface area contributed by atoms with Crippen LogP contribution in [-0.4, -0.2) is 21.9 Å². The average Bonchev–Trinajstić information content (AvgIpc) is 2.37. The maximum absolute atomic E-state index is 11.0. The van der Waals surface area contributed by atoms with Crippen LogP contribution < -0.4 is 10.1 Å². The smallest absolute Gasteiger partial charge is 0.349 e. The van der Waals surface area contributed by atoms with Crippen molar-refractivity contribution in [1.29, 1.82) is 0 Å². The van der Waals surface area contributed by atoms with E-state index in [9.17, 15) is 10.1 Å². The van der Waals surface area contributed by atoms with Crippen LogP contribution in [0.3, 0.4) is 0 Å². The van der Waals surface area contributed by atoms with Crippen LogP contribution in [0.4, 0.5) is 11.6 Å². The van der Waals surface area contributed by atoms with Crippen molar-refractivity contribution in [3.05, 3.63) is 45.6 Å². The maximum atomic E-state index is 11.0. The lowest BCUT2D eigenvalue weighted by Gasteiger charge is -2.08. The van der Waals surface area contributed by atoms with Gasteiger partial charge in [0.2, 0.25) is 5.95 Å². The first-order chi connectivity index (χ1) is 9.49. The Bertz CT molecular complexity index is 638. The highest BCUT2D eigenvalue weighted by molar-refractivity contribution is 5.46. The number of nitro groups is 1. The zero-order valence-corrected chi connectivity index (χ0v) is 11.4. The van der Waals surface area contributed by atoms with E-state index in [4.69, 9.17) is 4.74 Å². The number of nitrogens with one attached hydrogen (secondary N) is 1. The molecule has 2 aromatic rings. The molecule has 0 radical (unpaired) electrons. The quantitative estimate of drug-likeness (QED) is 0.681. The fourth-order valence-electron chi connectivity index (χ4n) is 1.78. The maximum Gasteiger partial charge on any atom is 0.349 e. The number of hydrogen-bond donors (Lipinski definition) is 1. The lowest BCUT2D eigenvalue weighted by Crippen LogP contribution is -2.02. The van der Waals surface area contributed by atoms with Gasteiger partial charge in [-0.2, -0.15) is 4.98 Å². The molecule has 0 aliphatic carbocycles. The van der Waals surface area contributed by atoms with Crippen molar-refractivity contribution >= 4 is 11.6 Å². The molecule has 0 bridgehead atoms. The number of hydrogen-bond acceptors (Lipinski definition) is 6. The van der Waals surface area contributed by atoms with E-state index in [1.165, 1.54) is 0 Å². The molecule has 7 nitrogen and oxygen atoms in total. The SMILES string of the molecule is CNc1ncc([N+](=O)[O-])c(Oc2cc(C)cc(C)c2)n1. The zero-order valence-electron chi connectivity index (χ0n) is 11.4. The van der Waals surface area contributed by atoms with Crippen molar-refractivity contribution in [2.45, 2.75) is 13.8 Å². The normalized spacial score (nSPS) is 10.2. The molecule has 0 unspecified atom stereocenters. The fourth-order valence-corrected chi connectivity index (χ4v) is 1.78. The predicted octanol–water partition coefficient (Wildman–Crippen LogP) is 2.84. The summed E-state index contributed by atoms with van der Waals surface area (Å²) in [5, 5.41) is 13.7. The van der Waals surface area contributed by atoms with E-state index < -0.39 is 4.92 Å². The van der Waals surface area contributed by atoms with Crippen LogP contribution in [0, 0.1) is 24.0 Å². The minimum atomic E-state index is -0.572. The fraction of sp³-hybridized carbons (Fsp3) is 0.231. The highest BCUT2D eigenvalue weighted by Crippen LogP contribution is 2.30. The Kier molecular flexibility index (Phi) is 3.79. The second-order valence-corrected chi connectivity index (χ2v) is 4.32. The van der Waals surface area contributed by atoms with Crippen LogP contribution in [0.2, 0.25) is 0 Å². The number of nitrogens with zero attached hydrogens (tertiary/aromatic N) is 3. The van der Waals surface area contributed by atoms with E-state index in [0.29, 0.717) is 5.75 Å². The highest BCUT2D eigenvalue weighted by atomic mass is 16.6. The van der Waals surface area contributed by atoms with Gasteiger partial charge in [-0.15, -0.1) is 0 Å². The van der Waals surface area contributed by atoms with E-state index in [1.807, 2.05) is 19.9 Å². The predicted molar refractivity (Wildman–Crippen MR) is 74.2 cm³/mol. The number of benzene rings is 1. The largest absolute Gasteiger partial charge is 0.434 e. The third kappa shape index (κ3) is 3.00. The molecule has 1 aromatic heterocycles. The Morgan fingerprint density at radius 1 is 1.25 bits per heavy atom. The molecule has 1 heterocycles. The summed E-state index contributed by atoms with van der Waals surface area (Å²) in [5.41, 5.74) is 1.74. The van der Waals surface area contributed by atoms with Gasteiger partial charge in [-0.3, -0.25) is 10.1 Å². The van der Waals surface area contributed by atoms with E-state index in [0.717, 1.165) is 17.3 Å². The molecule has 7 heteroatoms. The van der Waals surface area contributed by atoms with Crippen LogP contribution in [0.25, 0.3) is 0 Å². The summed E-state index contributed by atoms with van der Waals surface area (Å²) < 4.78 is 5.54. The molecule has 0 saturated heterocycles. The molecule has 0 aliphatic rings. The summed E-state index contributed by atoms with van der Waals surface area (Å²) in [7, 11) is 1.63. The summed E-state index contributed by atoms with van der Waals surface area (Å²) in [6.45, 7) is 3.85. The van der Waals surface area contributed by atoms with Crippen molar-refractivity contribution in [1.82, 2.24) is 9.97 Å². The van der Waals surface area contributed by atoms with Crippen molar-refractivity contribution in [3.8, 4) is 11.6 Å². The van der Waals surface area contributed by atoms with Gasteiger partial charge in [0.05, 0.1) is 4.92 Å². The van der Waals surface area contributed by atoms with E-state index in [-0.39, 0.29) is 17.5 Å². The molecule has 2 rings (SSSR count). The van der Waals surface area contributed by atoms with Gasteiger partial charge in [0.1, 0.15) is 11.9 Å². The van der Waals surface area contributed by atoms with E-state index >= 15 is 0 Å². The first-order valence-electron chi connectivity index (χ1n) is 5.95. The molecule has 0 fully saturated rings. The molecule has 0 amide bonds. The monoisotopic (exact) mass is 274 g/mol. The number of aryl methyl sites for hydroxylation is 2. The van der Waals surface area contributed by atoms with Gasteiger partial charge in [0.15, 0.2) is 0 Å². The Morgan fingerprint density at radius 3 is 2.45 bits per heavy atom. The highest BCUT2D eigenvalue weighted by Gasteiger charge is 2.19. The summed E-state index contributed by atoms with van der Waals surface area (Å²) in [4.78, 5) is 18.2. The van der Waals surface area contributed by atoms with Crippen LogP contribution in [0.1, 0.15) is 11.1 Å². The molecular formula is C13H14N4O3. The summed E-state index contributed by atoms with van der Waals surface area (Å²) in [5.74, 6) is 0.681. The van der Waals surface area contributed by atoms with E-state index in [2.05, 4.69) is 15.3 Å². The number of aromatic nitrogens is 2. The van der Waals surface area contributed by atoms with Gasteiger partial charge in [-0.1, -0.05) is 6.07 Å². The molecule has 0 aliphatic heterocycles. The number of anilines is 1. The second-order valence-electron chi connectivity index (χ2n) is 4.32. The molecule has 0 atom stereocenters. The molecule has 20 heavy (non-hydrogen) atoms. The van der Waals surface area contributed by atoms with Crippen LogP contribution in [0.5, 0.6) is 11.6 Å².